The third-order valence-corrected chi connectivity index (χ3v) is 5.06. The van der Waals surface area contributed by atoms with Crippen molar-refractivity contribution in [1.29, 1.82) is 0 Å². The van der Waals surface area contributed by atoms with Crippen LogP contribution in [0, 0.1) is 25.7 Å². The van der Waals surface area contributed by atoms with Gasteiger partial charge < -0.3 is 4.90 Å². The Bertz CT molecular complexity index is 578. The van der Waals surface area contributed by atoms with Crippen molar-refractivity contribution in [2.45, 2.75) is 58.9 Å². The van der Waals surface area contributed by atoms with Crippen molar-refractivity contribution >= 4 is 5.91 Å². The molecular weight excluding hydrogens is 288 g/mol. The van der Waals surface area contributed by atoms with Crippen molar-refractivity contribution in [2.75, 3.05) is 13.1 Å². The topological polar surface area (TPSA) is 51.0 Å². The van der Waals surface area contributed by atoms with E-state index in [2.05, 4.69) is 27.1 Å². The molecule has 1 fully saturated rings. The largest absolute Gasteiger partial charge is 0.342 e. The smallest absolute Gasteiger partial charge is 0.223 e. The molecule has 2 atom stereocenters. The van der Waals surface area contributed by atoms with Gasteiger partial charge in [0.15, 0.2) is 0 Å². The molecule has 1 aliphatic carbocycles. The highest BCUT2D eigenvalue weighted by Gasteiger charge is 2.26. The van der Waals surface area contributed by atoms with Gasteiger partial charge >= 0.3 is 0 Å². The molecule has 1 aromatic rings. The lowest BCUT2D eigenvalue weighted by atomic mass is 9.91. The van der Waals surface area contributed by atoms with Gasteiger partial charge in [0, 0.05) is 26.1 Å². The Morgan fingerprint density at radius 1 is 1.30 bits per heavy atom. The Morgan fingerprint density at radius 2 is 2.17 bits per heavy atom. The predicted molar refractivity (Wildman–Crippen MR) is 89.9 cm³/mol. The number of amides is 1. The van der Waals surface area contributed by atoms with Crippen LogP contribution in [0.25, 0.3) is 0 Å². The van der Waals surface area contributed by atoms with E-state index in [0.717, 1.165) is 44.1 Å². The Kier molecular flexibility index (Phi) is 5.13. The zero-order valence-electron chi connectivity index (χ0n) is 14.4. The molecule has 3 rings (SSSR count). The summed E-state index contributed by atoms with van der Waals surface area (Å²) >= 11 is 0. The number of nitrogens with zero attached hydrogens (tertiary/aromatic N) is 4. The molecule has 1 aliphatic heterocycles. The summed E-state index contributed by atoms with van der Waals surface area (Å²) in [5, 5.41) is 4.46. The maximum Gasteiger partial charge on any atom is 0.223 e. The van der Waals surface area contributed by atoms with E-state index in [9.17, 15) is 4.79 Å². The van der Waals surface area contributed by atoms with Crippen LogP contribution in [-0.2, 0) is 11.3 Å². The molecular formula is C18H28N4O. The van der Waals surface area contributed by atoms with Gasteiger partial charge in [-0.1, -0.05) is 12.2 Å². The minimum Gasteiger partial charge on any atom is -0.342 e. The summed E-state index contributed by atoms with van der Waals surface area (Å²) in [6.07, 6.45) is 11.0. The van der Waals surface area contributed by atoms with Gasteiger partial charge in [0.05, 0.1) is 0 Å². The summed E-state index contributed by atoms with van der Waals surface area (Å²) in [6.45, 7) is 6.59. The summed E-state index contributed by atoms with van der Waals surface area (Å²) in [5.74, 6) is 3.08. The number of carbonyl (C=O) groups is 1. The fourth-order valence-electron chi connectivity index (χ4n) is 3.83. The lowest BCUT2D eigenvalue weighted by Crippen LogP contribution is -2.41. The number of allylic oxidation sites excluding steroid dienone is 2. The molecule has 126 valence electrons. The molecule has 0 spiro atoms. The molecule has 0 saturated carbocycles. The number of likely N-dealkylation sites (tertiary alicyclic amines) is 1. The van der Waals surface area contributed by atoms with E-state index in [0.29, 0.717) is 24.2 Å². The summed E-state index contributed by atoms with van der Waals surface area (Å²) in [7, 11) is 0. The molecule has 2 aliphatic rings. The minimum absolute atomic E-state index is 0.331. The molecule has 0 aromatic carbocycles. The monoisotopic (exact) mass is 316 g/mol. The van der Waals surface area contributed by atoms with Crippen LogP contribution in [0.3, 0.4) is 0 Å². The standard InChI is InChI=1S/C18H28N4O/c1-14-19-15(2)22(20-14)13-17-9-6-10-21(12-17)18(23)11-16-7-4-3-5-8-16/h4,7,16-17H,3,5-6,8-13H2,1-2H3/t16-,17-/m0/s1. The number of aromatic nitrogens is 3. The average Bonchev–Trinajstić information content (AvgIpc) is 2.86. The molecule has 1 saturated heterocycles. The molecule has 2 heterocycles. The molecule has 0 bridgehead atoms. The number of rotatable bonds is 4. The van der Waals surface area contributed by atoms with Gasteiger partial charge in [-0.3, -0.25) is 4.79 Å². The first kappa shape index (κ1) is 16.2. The highest BCUT2D eigenvalue weighted by atomic mass is 16.2. The van der Waals surface area contributed by atoms with Crippen LogP contribution in [0.5, 0.6) is 0 Å². The third kappa shape index (κ3) is 4.21. The molecule has 5 nitrogen and oxygen atoms in total. The first-order valence-corrected chi connectivity index (χ1v) is 8.94. The van der Waals surface area contributed by atoms with E-state index in [1.807, 2.05) is 18.5 Å². The maximum absolute atomic E-state index is 12.6. The maximum atomic E-state index is 12.6. The van der Waals surface area contributed by atoms with Gasteiger partial charge in [-0.2, -0.15) is 5.10 Å². The molecule has 1 amide bonds. The normalized spacial score (nSPS) is 24.9. The number of hydrogen-bond donors (Lipinski definition) is 0. The van der Waals surface area contributed by atoms with Crippen molar-refractivity contribution in [3.8, 4) is 0 Å². The van der Waals surface area contributed by atoms with E-state index >= 15 is 0 Å². The van der Waals surface area contributed by atoms with E-state index in [1.165, 1.54) is 19.3 Å². The average molecular weight is 316 g/mol. The summed E-state index contributed by atoms with van der Waals surface area (Å²) in [6, 6.07) is 0. The van der Waals surface area contributed by atoms with Gasteiger partial charge in [-0.15, -0.1) is 0 Å². The Balaban J connectivity index is 1.55. The van der Waals surface area contributed by atoms with Crippen LogP contribution in [0.4, 0.5) is 0 Å². The summed E-state index contributed by atoms with van der Waals surface area (Å²) in [5.41, 5.74) is 0. The number of piperidine rings is 1. The second-order valence-electron chi connectivity index (χ2n) is 7.06. The molecule has 5 heteroatoms. The zero-order chi connectivity index (χ0) is 16.2. The van der Waals surface area contributed by atoms with Crippen molar-refractivity contribution in [2.24, 2.45) is 11.8 Å². The quantitative estimate of drug-likeness (QED) is 0.803. The van der Waals surface area contributed by atoms with Crippen LogP contribution in [0.15, 0.2) is 12.2 Å². The Hall–Kier alpha value is -1.65. The van der Waals surface area contributed by atoms with Gasteiger partial charge in [0.1, 0.15) is 11.6 Å². The third-order valence-electron chi connectivity index (χ3n) is 5.06. The Morgan fingerprint density at radius 3 is 2.87 bits per heavy atom. The van der Waals surface area contributed by atoms with Crippen LogP contribution in [0.2, 0.25) is 0 Å². The van der Waals surface area contributed by atoms with Crippen LogP contribution < -0.4 is 0 Å². The molecule has 23 heavy (non-hydrogen) atoms. The highest BCUT2D eigenvalue weighted by Crippen LogP contribution is 2.24. The van der Waals surface area contributed by atoms with Crippen LogP contribution in [0.1, 0.15) is 50.2 Å². The summed E-state index contributed by atoms with van der Waals surface area (Å²) in [4.78, 5) is 19.0. The number of aryl methyl sites for hydroxylation is 2. The van der Waals surface area contributed by atoms with Crippen molar-refractivity contribution < 1.29 is 4.79 Å². The van der Waals surface area contributed by atoms with Gasteiger partial charge in [0.25, 0.3) is 0 Å². The Labute approximate surface area is 138 Å². The highest BCUT2D eigenvalue weighted by molar-refractivity contribution is 5.76. The van der Waals surface area contributed by atoms with E-state index in [1.54, 1.807) is 0 Å². The van der Waals surface area contributed by atoms with Crippen molar-refractivity contribution in [3.63, 3.8) is 0 Å². The predicted octanol–water partition coefficient (Wildman–Crippen LogP) is 2.88. The lowest BCUT2D eigenvalue weighted by molar-refractivity contribution is -0.133. The second kappa shape index (κ2) is 7.28. The first-order chi connectivity index (χ1) is 11.1. The SMILES string of the molecule is Cc1nc(C)n(C[C@H]2CCCN(C(=O)C[C@H]3C=CCCC3)C2)n1. The van der Waals surface area contributed by atoms with Crippen LogP contribution >= 0.6 is 0 Å². The van der Waals surface area contributed by atoms with Crippen molar-refractivity contribution in [3.05, 3.63) is 23.8 Å². The molecule has 0 radical (unpaired) electrons. The minimum atomic E-state index is 0.331. The number of hydrogen-bond acceptors (Lipinski definition) is 3. The van der Waals surface area contributed by atoms with Gasteiger partial charge in [0.2, 0.25) is 5.91 Å². The van der Waals surface area contributed by atoms with Crippen molar-refractivity contribution in [1.82, 2.24) is 19.7 Å². The molecule has 1 aromatic heterocycles. The second-order valence-corrected chi connectivity index (χ2v) is 7.06. The van der Waals surface area contributed by atoms with Crippen LogP contribution in [-0.4, -0.2) is 38.7 Å². The lowest BCUT2D eigenvalue weighted by Gasteiger charge is -2.33. The van der Waals surface area contributed by atoms with Gasteiger partial charge in [-0.05, 0) is 57.8 Å². The van der Waals surface area contributed by atoms with E-state index in [4.69, 9.17) is 0 Å². The van der Waals surface area contributed by atoms with Gasteiger partial charge in [-0.25, -0.2) is 9.67 Å². The fourth-order valence-corrected chi connectivity index (χ4v) is 3.83. The fraction of sp³-hybridized carbons (Fsp3) is 0.722. The number of carbonyl (C=O) groups excluding carboxylic acids is 1. The molecule has 0 N–H and O–H groups in total. The molecule has 0 unspecified atom stereocenters. The summed E-state index contributed by atoms with van der Waals surface area (Å²) < 4.78 is 2.00. The first-order valence-electron chi connectivity index (χ1n) is 8.94. The van der Waals surface area contributed by atoms with E-state index < -0.39 is 0 Å². The zero-order valence-corrected chi connectivity index (χ0v) is 14.4. The van der Waals surface area contributed by atoms with E-state index in [-0.39, 0.29) is 0 Å².